The molecule has 0 radical (unpaired) electrons. The van der Waals surface area contributed by atoms with Crippen molar-refractivity contribution < 1.29 is 8.78 Å². The number of rotatable bonds is 6. The minimum absolute atomic E-state index is 0.121. The van der Waals surface area contributed by atoms with E-state index in [1.54, 1.807) is 17.4 Å². The fourth-order valence-corrected chi connectivity index (χ4v) is 3.53. The minimum atomic E-state index is -0.800. The van der Waals surface area contributed by atoms with Crippen LogP contribution in [0.2, 0.25) is 0 Å². The Hall–Kier alpha value is -0.780. The number of hydrogen-bond donors (Lipinski definition) is 1. The van der Waals surface area contributed by atoms with Crippen LogP contribution < -0.4 is 5.32 Å². The van der Waals surface area contributed by atoms with Crippen LogP contribution in [0.1, 0.15) is 29.8 Å². The summed E-state index contributed by atoms with van der Waals surface area (Å²) in [6.45, 7) is 3.00. The first-order valence-electron chi connectivity index (χ1n) is 6.51. The van der Waals surface area contributed by atoms with Gasteiger partial charge in [0.2, 0.25) is 0 Å². The highest BCUT2D eigenvalue weighted by Gasteiger charge is 2.14. The van der Waals surface area contributed by atoms with Crippen molar-refractivity contribution in [2.24, 2.45) is 0 Å². The molecule has 0 fully saturated rings. The van der Waals surface area contributed by atoms with Gasteiger partial charge in [-0.1, -0.05) is 13.0 Å². The van der Waals surface area contributed by atoms with Gasteiger partial charge in [0.15, 0.2) is 11.6 Å². The van der Waals surface area contributed by atoms with E-state index in [2.05, 4.69) is 34.2 Å². The summed E-state index contributed by atoms with van der Waals surface area (Å²) in [5, 5.41) is 5.48. The molecule has 108 valence electrons. The van der Waals surface area contributed by atoms with E-state index in [0.717, 1.165) is 23.0 Å². The predicted octanol–water partition coefficient (Wildman–Crippen LogP) is 5.07. The highest BCUT2D eigenvalue weighted by molar-refractivity contribution is 9.10. The first-order valence-corrected chi connectivity index (χ1v) is 8.18. The summed E-state index contributed by atoms with van der Waals surface area (Å²) < 4.78 is 27.3. The summed E-state index contributed by atoms with van der Waals surface area (Å²) in [6, 6.07) is 6.29. The summed E-state index contributed by atoms with van der Waals surface area (Å²) in [6.07, 6.45) is 1.67. The van der Waals surface area contributed by atoms with Gasteiger partial charge in [0, 0.05) is 20.8 Å². The summed E-state index contributed by atoms with van der Waals surface area (Å²) in [7, 11) is 0. The molecule has 0 amide bonds. The molecule has 0 spiro atoms. The number of halogens is 3. The van der Waals surface area contributed by atoms with E-state index in [0.29, 0.717) is 6.42 Å². The molecule has 0 saturated carbocycles. The van der Waals surface area contributed by atoms with Crippen LogP contribution in [0.15, 0.2) is 34.1 Å². The fraction of sp³-hybridized carbons (Fsp3) is 0.333. The molecule has 5 heteroatoms. The van der Waals surface area contributed by atoms with E-state index >= 15 is 0 Å². The lowest BCUT2D eigenvalue weighted by Crippen LogP contribution is -2.23. The van der Waals surface area contributed by atoms with Crippen molar-refractivity contribution in [2.45, 2.75) is 25.8 Å². The number of nitrogens with one attached hydrogen (secondary N) is 1. The van der Waals surface area contributed by atoms with Gasteiger partial charge >= 0.3 is 0 Å². The second-order valence-electron chi connectivity index (χ2n) is 4.63. The van der Waals surface area contributed by atoms with E-state index in [9.17, 15) is 8.78 Å². The Morgan fingerprint density at radius 1 is 1.25 bits per heavy atom. The van der Waals surface area contributed by atoms with Crippen LogP contribution in [-0.4, -0.2) is 6.54 Å². The SMILES string of the molecule is CCCNC(Cc1ccc(F)c(F)c1)c1cc(Br)cs1. The Morgan fingerprint density at radius 3 is 2.65 bits per heavy atom. The zero-order valence-corrected chi connectivity index (χ0v) is 13.5. The van der Waals surface area contributed by atoms with Gasteiger partial charge in [-0.25, -0.2) is 8.78 Å². The van der Waals surface area contributed by atoms with Gasteiger partial charge in [-0.3, -0.25) is 0 Å². The zero-order chi connectivity index (χ0) is 14.5. The highest BCUT2D eigenvalue weighted by atomic mass is 79.9. The molecule has 1 aromatic heterocycles. The Balaban J connectivity index is 2.16. The third-order valence-electron chi connectivity index (χ3n) is 3.00. The minimum Gasteiger partial charge on any atom is -0.309 e. The Labute approximate surface area is 130 Å². The molecule has 1 aromatic carbocycles. The standard InChI is InChI=1S/C15H16BrF2NS/c1-2-5-19-14(15-8-11(16)9-20-15)7-10-3-4-12(17)13(18)6-10/h3-4,6,8-9,14,19H,2,5,7H2,1H3. The first kappa shape index (κ1) is 15.6. The van der Waals surface area contributed by atoms with Gasteiger partial charge in [-0.15, -0.1) is 11.3 Å². The van der Waals surface area contributed by atoms with Crippen LogP contribution >= 0.6 is 27.3 Å². The smallest absolute Gasteiger partial charge is 0.159 e. The maximum absolute atomic E-state index is 13.3. The number of hydrogen-bond acceptors (Lipinski definition) is 2. The summed E-state index contributed by atoms with van der Waals surface area (Å²) in [5.41, 5.74) is 0.794. The molecule has 1 unspecified atom stereocenters. The highest BCUT2D eigenvalue weighted by Crippen LogP contribution is 2.28. The van der Waals surface area contributed by atoms with Crippen molar-refractivity contribution in [2.75, 3.05) is 6.54 Å². The molecule has 1 nitrogen and oxygen atoms in total. The third kappa shape index (κ3) is 4.11. The summed E-state index contributed by atoms with van der Waals surface area (Å²) >= 11 is 5.11. The molecule has 0 bridgehead atoms. The molecule has 0 aliphatic rings. The van der Waals surface area contributed by atoms with Crippen molar-refractivity contribution in [1.82, 2.24) is 5.32 Å². The molecule has 1 atom stereocenters. The second-order valence-corrected chi connectivity index (χ2v) is 6.49. The van der Waals surface area contributed by atoms with Gasteiger partial charge in [0.25, 0.3) is 0 Å². The molecule has 2 aromatic rings. The van der Waals surface area contributed by atoms with Gasteiger partial charge in [-0.05, 0) is 59.1 Å². The zero-order valence-electron chi connectivity index (χ0n) is 11.1. The first-order chi connectivity index (χ1) is 9.60. The van der Waals surface area contributed by atoms with Crippen molar-refractivity contribution in [3.63, 3.8) is 0 Å². The largest absolute Gasteiger partial charge is 0.309 e. The Kier molecular flexibility index (Phi) is 5.69. The average Bonchev–Trinajstić information content (AvgIpc) is 2.85. The van der Waals surface area contributed by atoms with E-state index in [1.807, 2.05) is 5.38 Å². The number of thiophene rings is 1. The van der Waals surface area contributed by atoms with E-state index < -0.39 is 11.6 Å². The van der Waals surface area contributed by atoms with Crippen LogP contribution in [0, 0.1) is 11.6 Å². The van der Waals surface area contributed by atoms with E-state index in [4.69, 9.17) is 0 Å². The summed E-state index contributed by atoms with van der Waals surface area (Å²) in [5.74, 6) is -1.59. The molecule has 0 aliphatic heterocycles. The molecule has 1 heterocycles. The molecule has 0 aliphatic carbocycles. The van der Waals surface area contributed by atoms with Crippen LogP contribution in [-0.2, 0) is 6.42 Å². The topological polar surface area (TPSA) is 12.0 Å². The lowest BCUT2D eigenvalue weighted by molar-refractivity contribution is 0.501. The maximum Gasteiger partial charge on any atom is 0.159 e. The normalized spacial score (nSPS) is 12.6. The predicted molar refractivity (Wildman–Crippen MR) is 83.1 cm³/mol. The summed E-state index contributed by atoms with van der Waals surface area (Å²) in [4.78, 5) is 1.19. The molecule has 2 rings (SSSR count). The van der Waals surface area contributed by atoms with Crippen molar-refractivity contribution >= 4 is 27.3 Å². The lowest BCUT2D eigenvalue weighted by Gasteiger charge is -2.17. The van der Waals surface area contributed by atoms with Crippen LogP contribution in [0.5, 0.6) is 0 Å². The maximum atomic E-state index is 13.3. The fourth-order valence-electron chi connectivity index (χ4n) is 2.01. The van der Waals surface area contributed by atoms with Crippen molar-refractivity contribution in [3.05, 3.63) is 56.2 Å². The quantitative estimate of drug-likeness (QED) is 0.758. The lowest BCUT2D eigenvalue weighted by atomic mass is 10.0. The van der Waals surface area contributed by atoms with Crippen molar-refractivity contribution in [1.29, 1.82) is 0 Å². The van der Waals surface area contributed by atoms with Gasteiger partial charge in [-0.2, -0.15) is 0 Å². The average molecular weight is 360 g/mol. The Bertz CT molecular complexity index is 571. The third-order valence-corrected chi connectivity index (χ3v) is 4.80. The molecule has 1 N–H and O–H groups in total. The second kappa shape index (κ2) is 7.29. The Morgan fingerprint density at radius 2 is 2.05 bits per heavy atom. The van der Waals surface area contributed by atoms with Crippen LogP contribution in [0.3, 0.4) is 0 Å². The van der Waals surface area contributed by atoms with Gasteiger partial charge in [0.1, 0.15) is 0 Å². The monoisotopic (exact) mass is 359 g/mol. The van der Waals surface area contributed by atoms with Crippen LogP contribution in [0.25, 0.3) is 0 Å². The molecular formula is C15H16BrF2NS. The van der Waals surface area contributed by atoms with Crippen LogP contribution in [0.4, 0.5) is 8.78 Å². The van der Waals surface area contributed by atoms with Gasteiger partial charge < -0.3 is 5.32 Å². The molecular weight excluding hydrogens is 344 g/mol. The molecule has 20 heavy (non-hydrogen) atoms. The molecule has 0 saturated heterocycles. The number of benzene rings is 1. The van der Waals surface area contributed by atoms with E-state index in [1.165, 1.54) is 17.0 Å². The van der Waals surface area contributed by atoms with Gasteiger partial charge in [0.05, 0.1) is 0 Å². The van der Waals surface area contributed by atoms with E-state index in [-0.39, 0.29) is 6.04 Å². The van der Waals surface area contributed by atoms with Crippen molar-refractivity contribution in [3.8, 4) is 0 Å².